The molecule has 2 rings (SSSR count). The monoisotopic (exact) mass is 223 g/mol. The zero-order chi connectivity index (χ0) is 12.3. The summed E-state index contributed by atoms with van der Waals surface area (Å²) in [6.45, 7) is 1.71. The van der Waals surface area contributed by atoms with Crippen molar-refractivity contribution in [3.05, 3.63) is 71.3 Å². The van der Waals surface area contributed by atoms with Crippen LogP contribution in [0.1, 0.15) is 23.6 Å². The Labute approximate surface area is 101 Å². The van der Waals surface area contributed by atoms with Gasteiger partial charge in [0.15, 0.2) is 0 Å². The largest absolute Gasteiger partial charge is 0.381 e. The number of hydrogen-bond acceptors (Lipinski definition) is 2. The van der Waals surface area contributed by atoms with E-state index in [4.69, 9.17) is 5.26 Å². The summed E-state index contributed by atoms with van der Waals surface area (Å²) in [6, 6.07) is 18.6. The molecule has 2 aromatic carbocycles. The van der Waals surface area contributed by atoms with Gasteiger partial charge in [-0.15, -0.1) is 0 Å². The molecule has 0 radical (unpaired) electrons. The van der Waals surface area contributed by atoms with Crippen molar-refractivity contribution < 1.29 is 5.11 Å². The minimum absolute atomic E-state index is 0.501. The normalized spacial score (nSPS) is 13.7. The molecular weight excluding hydrogens is 210 g/mol. The standard InChI is InChI=1S/C15H13NO/c1-15(17,13-8-3-2-4-9-13)14-10-6-5-7-12(14)11-16/h2-10,17H,1H3. The summed E-state index contributed by atoms with van der Waals surface area (Å²) in [7, 11) is 0. The van der Waals surface area contributed by atoms with E-state index in [0.29, 0.717) is 11.1 Å². The van der Waals surface area contributed by atoms with Gasteiger partial charge in [0.05, 0.1) is 11.6 Å². The number of nitrogens with zero attached hydrogens (tertiary/aromatic N) is 1. The van der Waals surface area contributed by atoms with Crippen LogP contribution in [0.3, 0.4) is 0 Å². The molecule has 0 spiro atoms. The highest BCUT2D eigenvalue weighted by atomic mass is 16.3. The molecule has 0 aromatic heterocycles. The highest BCUT2D eigenvalue weighted by Gasteiger charge is 2.27. The lowest BCUT2D eigenvalue weighted by Crippen LogP contribution is -2.23. The van der Waals surface area contributed by atoms with Gasteiger partial charge in [-0.05, 0) is 18.6 Å². The van der Waals surface area contributed by atoms with E-state index in [1.807, 2.05) is 36.4 Å². The van der Waals surface area contributed by atoms with Crippen molar-refractivity contribution >= 4 is 0 Å². The fourth-order valence-electron chi connectivity index (χ4n) is 1.92. The molecule has 0 heterocycles. The van der Waals surface area contributed by atoms with Crippen molar-refractivity contribution in [1.82, 2.24) is 0 Å². The molecule has 0 aliphatic carbocycles. The van der Waals surface area contributed by atoms with Crippen molar-refractivity contribution in [2.24, 2.45) is 0 Å². The van der Waals surface area contributed by atoms with Crippen molar-refractivity contribution in [3.8, 4) is 6.07 Å². The first-order valence-electron chi connectivity index (χ1n) is 5.44. The Morgan fingerprint density at radius 1 is 1.00 bits per heavy atom. The zero-order valence-corrected chi connectivity index (χ0v) is 9.59. The van der Waals surface area contributed by atoms with Crippen LogP contribution < -0.4 is 0 Å². The Hall–Kier alpha value is -2.11. The van der Waals surface area contributed by atoms with Gasteiger partial charge in [-0.2, -0.15) is 5.26 Å². The summed E-state index contributed by atoms with van der Waals surface area (Å²) < 4.78 is 0. The van der Waals surface area contributed by atoms with E-state index in [2.05, 4.69) is 6.07 Å². The van der Waals surface area contributed by atoms with Crippen LogP contribution in [0.4, 0.5) is 0 Å². The molecule has 1 unspecified atom stereocenters. The van der Waals surface area contributed by atoms with Crippen LogP contribution in [0.2, 0.25) is 0 Å². The minimum atomic E-state index is -1.15. The Kier molecular flexibility index (Phi) is 2.95. The summed E-state index contributed by atoms with van der Waals surface area (Å²) in [5.41, 5.74) is 0.769. The SMILES string of the molecule is CC(O)(c1ccccc1)c1ccccc1C#N. The summed E-state index contributed by atoms with van der Waals surface area (Å²) >= 11 is 0. The van der Waals surface area contributed by atoms with E-state index in [0.717, 1.165) is 5.56 Å². The number of aliphatic hydroxyl groups is 1. The molecule has 84 valence electrons. The fraction of sp³-hybridized carbons (Fsp3) is 0.133. The van der Waals surface area contributed by atoms with E-state index in [9.17, 15) is 5.11 Å². The third-order valence-electron chi connectivity index (χ3n) is 2.91. The average Bonchev–Trinajstić information content (AvgIpc) is 2.39. The topological polar surface area (TPSA) is 44.0 Å². The Balaban J connectivity index is 2.56. The van der Waals surface area contributed by atoms with Crippen LogP contribution in [0.5, 0.6) is 0 Å². The van der Waals surface area contributed by atoms with Gasteiger partial charge < -0.3 is 5.11 Å². The minimum Gasteiger partial charge on any atom is -0.381 e. The van der Waals surface area contributed by atoms with Crippen LogP contribution in [0, 0.1) is 11.3 Å². The second-order valence-corrected chi connectivity index (χ2v) is 4.10. The second-order valence-electron chi connectivity index (χ2n) is 4.10. The van der Waals surface area contributed by atoms with E-state index >= 15 is 0 Å². The van der Waals surface area contributed by atoms with Gasteiger partial charge in [0.25, 0.3) is 0 Å². The van der Waals surface area contributed by atoms with Gasteiger partial charge in [-0.1, -0.05) is 48.5 Å². The predicted molar refractivity (Wildman–Crippen MR) is 66.3 cm³/mol. The maximum Gasteiger partial charge on any atom is 0.113 e. The first-order valence-corrected chi connectivity index (χ1v) is 5.44. The molecule has 1 N–H and O–H groups in total. The lowest BCUT2D eigenvalue weighted by Gasteiger charge is -2.25. The van der Waals surface area contributed by atoms with Crippen LogP contribution in [0.15, 0.2) is 54.6 Å². The van der Waals surface area contributed by atoms with Gasteiger partial charge in [0.2, 0.25) is 0 Å². The van der Waals surface area contributed by atoms with Crippen molar-refractivity contribution in [3.63, 3.8) is 0 Å². The molecule has 0 amide bonds. The van der Waals surface area contributed by atoms with E-state index in [-0.39, 0.29) is 0 Å². The van der Waals surface area contributed by atoms with Gasteiger partial charge >= 0.3 is 0 Å². The molecule has 2 nitrogen and oxygen atoms in total. The highest BCUT2D eigenvalue weighted by Crippen LogP contribution is 2.30. The summed E-state index contributed by atoms with van der Waals surface area (Å²) in [5.74, 6) is 0. The van der Waals surface area contributed by atoms with Gasteiger partial charge in [0.1, 0.15) is 5.60 Å². The second kappa shape index (κ2) is 4.40. The number of benzene rings is 2. The third-order valence-corrected chi connectivity index (χ3v) is 2.91. The molecule has 0 saturated heterocycles. The van der Waals surface area contributed by atoms with Gasteiger partial charge in [-0.3, -0.25) is 0 Å². The quantitative estimate of drug-likeness (QED) is 0.850. The number of hydrogen-bond donors (Lipinski definition) is 1. The molecule has 2 heteroatoms. The molecule has 2 aromatic rings. The maximum atomic E-state index is 10.6. The van der Waals surface area contributed by atoms with Crippen LogP contribution in [-0.2, 0) is 5.60 Å². The van der Waals surface area contributed by atoms with Gasteiger partial charge in [0, 0.05) is 5.56 Å². The smallest absolute Gasteiger partial charge is 0.113 e. The molecular formula is C15H13NO. The molecule has 1 atom stereocenters. The summed E-state index contributed by atoms with van der Waals surface area (Å²) in [5, 5.41) is 19.7. The van der Waals surface area contributed by atoms with Crippen molar-refractivity contribution in [2.45, 2.75) is 12.5 Å². The first kappa shape index (κ1) is 11.4. The molecule has 0 saturated carbocycles. The molecule has 17 heavy (non-hydrogen) atoms. The highest BCUT2D eigenvalue weighted by molar-refractivity contribution is 5.45. The van der Waals surface area contributed by atoms with Crippen molar-refractivity contribution in [1.29, 1.82) is 5.26 Å². The van der Waals surface area contributed by atoms with Crippen LogP contribution in [0.25, 0.3) is 0 Å². The Bertz CT molecular complexity index is 553. The Morgan fingerprint density at radius 2 is 1.59 bits per heavy atom. The number of rotatable bonds is 2. The molecule has 0 fully saturated rings. The molecule has 0 aliphatic heterocycles. The number of nitriles is 1. The lowest BCUT2D eigenvalue weighted by atomic mass is 9.85. The maximum absolute atomic E-state index is 10.6. The van der Waals surface area contributed by atoms with Crippen molar-refractivity contribution in [2.75, 3.05) is 0 Å². The summed E-state index contributed by atoms with van der Waals surface area (Å²) in [6.07, 6.45) is 0. The fourth-order valence-corrected chi connectivity index (χ4v) is 1.92. The summed E-state index contributed by atoms with van der Waals surface area (Å²) in [4.78, 5) is 0. The lowest BCUT2D eigenvalue weighted by molar-refractivity contribution is 0.102. The predicted octanol–water partition coefficient (Wildman–Crippen LogP) is 2.81. The molecule has 0 bridgehead atoms. The van der Waals surface area contributed by atoms with E-state index in [1.54, 1.807) is 25.1 Å². The van der Waals surface area contributed by atoms with E-state index in [1.165, 1.54) is 0 Å². The van der Waals surface area contributed by atoms with Gasteiger partial charge in [-0.25, -0.2) is 0 Å². The van der Waals surface area contributed by atoms with Crippen LogP contribution >= 0.6 is 0 Å². The molecule has 0 aliphatic rings. The third kappa shape index (κ3) is 2.06. The first-order chi connectivity index (χ1) is 8.16. The zero-order valence-electron chi connectivity index (χ0n) is 9.59. The Morgan fingerprint density at radius 3 is 2.24 bits per heavy atom. The van der Waals surface area contributed by atoms with Crippen LogP contribution in [-0.4, -0.2) is 5.11 Å². The van der Waals surface area contributed by atoms with E-state index < -0.39 is 5.60 Å². The average molecular weight is 223 g/mol.